The van der Waals surface area contributed by atoms with Gasteiger partial charge in [0.1, 0.15) is 5.82 Å². The molecule has 2 nitrogen and oxygen atoms in total. The summed E-state index contributed by atoms with van der Waals surface area (Å²) in [6.45, 7) is 6.90. The van der Waals surface area contributed by atoms with Crippen molar-refractivity contribution in [3.8, 4) is 0 Å². The number of aromatic nitrogens is 2. The van der Waals surface area contributed by atoms with Crippen LogP contribution < -0.4 is 0 Å². The fourth-order valence-electron chi connectivity index (χ4n) is 2.20. The van der Waals surface area contributed by atoms with Crippen molar-refractivity contribution in [3.05, 3.63) is 50.1 Å². The summed E-state index contributed by atoms with van der Waals surface area (Å²) in [5.74, 6) is -0.184. The molecule has 0 aliphatic heterocycles. The smallest absolute Gasteiger partial charge is 0.123 e. The van der Waals surface area contributed by atoms with Gasteiger partial charge in [-0.05, 0) is 65.6 Å². The summed E-state index contributed by atoms with van der Waals surface area (Å²) < 4.78 is 16.6. The molecule has 2 aromatic rings. The van der Waals surface area contributed by atoms with Gasteiger partial charge in [0.05, 0.1) is 21.5 Å². The molecular formula is C15H18FIN2. The predicted molar refractivity (Wildman–Crippen MR) is 83.9 cm³/mol. The number of rotatable bonds is 4. The Hall–Kier alpha value is -0.910. The molecule has 0 bridgehead atoms. The monoisotopic (exact) mass is 372 g/mol. The molecular weight excluding hydrogens is 354 g/mol. The maximum Gasteiger partial charge on any atom is 0.123 e. The van der Waals surface area contributed by atoms with Crippen molar-refractivity contribution < 1.29 is 4.39 Å². The first-order chi connectivity index (χ1) is 9.06. The molecule has 0 saturated heterocycles. The second-order valence-electron chi connectivity index (χ2n) is 4.64. The van der Waals surface area contributed by atoms with Crippen LogP contribution in [0.2, 0.25) is 0 Å². The SMILES string of the molecule is CCc1nn(Cc2cc(F)ccc2C)c(CC)c1I. The van der Waals surface area contributed by atoms with E-state index in [-0.39, 0.29) is 5.82 Å². The van der Waals surface area contributed by atoms with E-state index < -0.39 is 0 Å². The fourth-order valence-corrected chi connectivity index (χ4v) is 3.35. The summed E-state index contributed by atoms with van der Waals surface area (Å²) in [7, 11) is 0. The van der Waals surface area contributed by atoms with Gasteiger partial charge in [-0.15, -0.1) is 0 Å². The van der Waals surface area contributed by atoms with Gasteiger partial charge in [-0.25, -0.2) is 4.39 Å². The van der Waals surface area contributed by atoms with Crippen LogP contribution >= 0.6 is 22.6 Å². The number of benzene rings is 1. The first-order valence-corrected chi connectivity index (χ1v) is 7.63. The topological polar surface area (TPSA) is 17.8 Å². The lowest BCUT2D eigenvalue weighted by Crippen LogP contribution is -2.08. The summed E-state index contributed by atoms with van der Waals surface area (Å²) in [6.07, 6.45) is 1.88. The molecule has 19 heavy (non-hydrogen) atoms. The highest BCUT2D eigenvalue weighted by atomic mass is 127. The van der Waals surface area contributed by atoms with E-state index in [0.29, 0.717) is 6.54 Å². The number of halogens is 2. The standard InChI is InChI=1S/C15H18FIN2/c1-4-13-15(17)14(5-2)19(18-13)9-11-8-12(16)7-6-10(11)3/h6-8H,4-5,9H2,1-3H3. The van der Waals surface area contributed by atoms with Crippen molar-refractivity contribution in [3.63, 3.8) is 0 Å². The van der Waals surface area contributed by atoms with E-state index in [9.17, 15) is 4.39 Å². The molecule has 0 atom stereocenters. The zero-order chi connectivity index (χ0) is 14.0. The lowest BCUT2D eigenvalue weighted by Gasteiger charge is -2.09. The van der Waals surface area contributed by atoms with Gasteiger partial charge in [-0.3, -0.25) is 4.68 Å². The zero-order valence-corrected chi connectivity index (χ0v) is 13.7. The summed E-state index contributed by atoms with van der Waals surface area (Å²) >= 11 is 2.36. The van der Waals surface area contributed by atoms with Crippen LogP contribution in [-0.4, -0.2) is 9.78 Å². The molecule has 0 unspecified atom stereocenters. The van der Waals surface area contributed by atoms with Gasteiger partial charge in [-0.1, -0.05) is 19.9 Å². The van der Waals surface area contributed by atoms with Crippen LogP contribution in [0, 0.1) is 16.3 Å². The molecule has 0 saturated carbocycles. The van der Waals surface area contributed by atoms with E-state index in [0.717, 1.165) is 29.7 Å². The van der Waals surface area contributed by atoms with Gasteiger partial charge in [-0.2, -0.15) is 5.10 Å². The van der Waals surface area contributed by atoms with E-state index in [1.165, 1.54) is 15.3 Å². The normalized spacial score (nSPS) is 11.0. The van der Waals surface area contributed by atoms with Crippen LogP contribution in [0.15, 0.2) is 18.2 Å². The number of hydrogen-bond donors (Lipinski definition) is 0. The molecule has 0 radical (unpaired) electrons. The van der Waals surface area contributed by atoms with Gasteiger partial charge < -0.3 is 0 Å². The Morgan fingerprint density at radius 3 is 2.63 bits per heavy atom. The van der Waals surface area contributed by atoms with Gasteiger partial charge in [0, 0.05) is 0 Å². The highest BCUT2D eigenvalue weighted by Gasteiger charge is 2.14. The van der Waals surface area contributed by atoms with Crippen LogP contribution in [0.4, 0.5) is 4.39 Å². The molecule has 0 fully saturated rings. The Bertz CT molecular complexity index is 590. The van der Waals surface area contributed by atoms with Gasteiger partial charge in [0.25, 0.3) is 0 Å². The second kappa shape index (κ2) is 6.03. The van der Waals surface area contributed by atoms with Crippen LogP contribution in [0.1, 0.15) is 36.4 Å². The highest BCUT2D eigenvalue weighted by molar-refractivity contribution is 14.1. The molecule has 102 valence electrons. The molecule has 2 rings (SSSR count). The Morgan fingerprint density at radius 1 is 1.26 bits per heavy atom. The maximum atomic E-state index is 13.4. The van der Waals surface area contributed by atoms with Crippen molar-refractivity contribution in [2.75, 3.05) is 0 Å². The Kier molecular flexibility index (Phi) is 4.60. The Morgan fingerprint density at radius 2 is 2.00 bits per heavy atom. The number of nitrogens with zero attached hydrogens (tertiary/aromatic N) is 2. The van der Waals surface area contributed by atoms with Crippen LogP contribution in [0.25, 0.3) is 0 Å². The first kappa shape index (κ1) is 14.5. The van der Waals surface area contributed by atoms with Crippen molar-refractivity contribution in [2.24, 2.45) is 0 Å². The van der Waals surface area contributed by atoms with Crippen LogP contribution in [0.5, 0.6) is 0 Å². The maximum absolute atomic E-state index is 13.4. The van der Waals surface area contributed by atoms with Gasteiger partial charge in [0.2, 0.25) is 0 Å². The summed E-state index contributed by atoms with van der Waals surface area (Å²) in [4.78, 5) is 0. The van der Waals surface area contributed by atoms with Crippen molar-refractivity contribution in [2.45, 2.75) is 40.2 Å². The van der Waals surface area contributed by atoms with E-state index >= 15 is 0 Å². The van der Waals surface area contributed by atoms with Crippen molar-refractivity contribution in [1.82, 2.24) is 9.78 Å². The molecule has 0 aliphatic rings. The third kappa shape index (κ3) is 2.99. The van der Waals surface area contributed by atoms with Crippen LogP contribution in [-0.2, 0) is 19.4 Å². The van der Waals surface area contributed by atoms with E-state index in [1.54, 1.807) is 6.07 Å². The fraction of sp³-hybridized carbons (Fsp3) is 0.400. The summed E-state index contributed by atoms with van der Waals surface area (Å²) in [5.41, 5.74) is 4.47. The Balaban J connectivity index is 2.40. The third-order valence-corrected chi connectivity index (χ3v) is 4.61. The minimum absolute atomic E-state index is 0.184. The van der Waals surface area contributed by atoms with Crippen molar-refractivity contribution >= 4 is 22.6 Å². The van der Waals surface area contributed by atoms with Crippen molar-refractivity contribution in [1.29, 1.82) is 0 Å². The molecule has 0 N–H and O–H groups in total. The van der Waals surface area contributed by atoms with Gasteiger partial charge >= 0.3 is 0 Å². The number of hydrogen-bond acceptors (Lipinski definition) is 1. The Labute approximate surface area is 127 Å². The lowest BCUT2D eigenvalue weighted by molar-refractivity contribution is 0.609. The molecule has 0 spiro atoms. The van der Waals surface area contributed by atoms with E-state index in [4.69, 9.17) is 0 Å². The molecule has 0 aliphatic carbocycles. The van der Waals surface area contributed by atoms with E-state index in [2.05, 4.69) is 41.5 Å². The summed E-state index contributed by atoms with van der Waals surface area (Å²) in [6, 6.07) is 4.93. The quantitative estimate of drug-likeness (QED) is 0.739. The molecule has 1 aromatic heterocycles. The average molecular weight is 372 g/mol. The minimum Gasteiger partial charge on any atom is -0.264 e. The summed E-state index contributed by atoms with van der Waals surface area (Å²) in [5, 5.41) is 4.65. The second-order valence-corrected chi connectivity index (χ2v) is 5.72. The van der Waals surface area contributed by atoms with Crippen LogP contribution in [0.3, 0.4) is 0 Å². The van der Waals surface area contributed by atoms with E-state index in [1.807, 2.05) is 17.7 Å². The molecule has 4 heteroatoms. The predicted octanol–water partition coefficient (Wildman–Crippen LogP) is 4.11. The molecule has 0 amide bonds. The average Bonchev–Trinajstić information content (AvgIpc) is 2.69. The largest absolute Gasteiger partial charge is 0.264 e. The molecule has 1 heterocycles. The zero-order valence-electron chi connectivity index (χ0n) is 11.5. The lowest BCUT2D eigenvalue weighted by atomic mass is 10.1. The van der Waals surface area contributed by atoms with Gasteiger partial charge in [0.15, 0.2) is 0 Å². The minimum atomic E-state index is -0.184. The first-order valence-electron chi connectivity index (χ1n) is 6.55. The highest BCUT2D eigenvalue weighted by Crippen LogP contribution is 2.20. The number of aryl methyl sites for hydroxylation is 2. The molecule has 1 aromatic carbocycles. The third-order valence-electron chi connectivity index (χ3n) is 3.36.